The van der Waals surface area contributed by atoms with Crippen LogP contribution in [-0.2, 0) is 4.79 Å². The molecule has 0 aromatic carbocycles. The fourth-order valence-electron chi connectivity index (χ4n) is 0. The van der Waals surface area contributed by atoms with Crippen LogP contribution in [-0.4, -0.2) is 5.97 Å². The van der Waals surface area contributed by atoms with E-state index in [9.17, 15) is 0 Å². The Morgan fingerprint density at radius 3 is 1.67 bits per heavy atom. The molecule has 24 valence electrons. The van der Waals surface area contributed by atoms with Gasteiger partial charge in [-0.2, -0.15) is 0 Å². The van der Waals surface area contributed by atoms with Crippen molar-refractivity contribution in [2.45, 2.75) is 0 Å². The molecule has 0 spiro atoms. The van der Waals surface area contributed by atoms with E-state index >= 15 is 0 Å². The molecule has 2 nitrogen and oxygen atoms in total. The maximum absolute atomic E-state index is 8.78. The fourth-order valence-corrected chi connectivity index (χ4v) is 0. The molecule has 4 heteroatoms. The molecule has 0 aliphatic heterocycles. The number of hydrogen-bond acceptors (Lipinski definition) is 2. The van der Waals surface area contributed by atoms with Gasteiger partial charge in [-0.1, -0.05) is 0 Å². The molecule has 0 amide bonds. The minimum absolute atomic E-state index is 0. The van der Waals surface area contributed by atoms with Gasteiger partial charge in [-0.3, -0.25) is 0 Å². The molecular weight excluding hydrogens is 118 g/mol. The smallest absolute Gasteiger partial charge is 0.584 e. The van der Waals surface area contributed by atoms with Crippen molar-refractivity contribution in [2.24, 2.45) is 0 Å². The Balaban J connectivity index is -0.0000000450. The van der Waals surface area contributed by atoms with Crippen LogP contribution < -0.4 is 86.0 Å². The molecule has 0 saturated carbocycles. The molecule has 0 rings (SSSR count). The van der Waals surface area contributed by atoms with E-state index in [0.29, 0.717) is 0 Å². The number of carbonyl (C=O) groups excluding carboxylic acids is 1. The van der Waals surface area contributed by atoms with Crippen molar-refractivity contribution >= 4 is 5.97 Å². The zero-order valence-electron chi connectivity index (χ0n) is 4.02. The van der Waals surface area contributed by atoms with Crippen LogP contribution in [0.25, 0.3) is 0 Å². The summed E-state index contributed by atoms with van der Waals surface area (Å²) >= 11 is 0. The van der Waals surface area contributed by atoms with Gasteiger partial charge in [0, 0.05) is 0 Å². The van der Waals surface area contributed by atoms with Crippen LogP contribution in [0.15, 0.2) is 0 Å². The average Bonchev–Trinajstić information content (AvgIpc) is 0.811. The summed E-state index contributed by atoms with van der Waals surface area (Å²) in [6, 6.07) is 0. The van der Waals surface area contributed by atoms with Crippen LogP contribution in [0.2, 0.25) is 0 Å². The largest absolute Gasteiger partial charge is 1.00 e. The third-order valence-electron chi connectivity index (χ3n) is 0. The van der Waals surface area contributed by atoms with E-state index in [-0.39, 0.29) is 80.9 Å². The first kappa shape index (κ1) is 15.7. The van der Waals surface area contributed by atoms with Gasteiger partial charge in [0.05, 0.1) is 0 Å². The van der Waals surface area contributed by atoms with Gasteiger partial charge in [0.15, 0.2) is 0 Å². The maximum Gasteiger partial charge on any atom is 1.00 e. The Morgan fingerprint density at radius 2 is 1.67 bits per heavy atom. The normalized spacial score (nSPS) is 4.00. The molecule has 0 aliphatic rings. The zero-order valence-corrected chi connectivity index (χ0v) is 9.15. The van der Waals surface area contributed by atoms with Crippen LogP contribution in [0.1, 0.15) is 0 Å². The molecule has 0 aliphatic carbocycles. The van der Waals surface area contributed by atoms with E-state index in [2.05, 4.69) is 6.92 Å². The molecule has 0 atom stereocenters. The SMILES string of the molecule is [CH2-]C(=O)[O-].[K+].[Na+]. The van der Waals surface area contributed by atoms with Gasteiger partial charge in [0.1, 0.15) is 0 Å². The quantitative estimate of drug-likeness (QED) is 0.235. The number of hydrogen-bond donors (Lipinski definition) is 0. The van der Waals surface area contributed by atoms with Gasteiger partial charge < -0.3 is 16.8 Å². The maximum atomic E-state index is 8.78. The summed E-state index contributed by atoms with van der Waals surface area (Å²) in [4.78, 5) is 8.78. The first-order valence-electron chi connectivity index (χ1n) is 0.762. The van der Waals surface area contributed by atoms with E-state index < -0.39 is 5.97 Å². The predicted octanol–water partition coefficient (Wildman–Crippen LogP) is -7.42. The van der Waals surface area contributed by atoms with Crippen molar-refractivity contribution in [1.29, 1.82) is 0 Å². The summed E-state index contributed by atoms with van der Waals surface area (Å²) in [6.07, 6.45) is 0. The molecule has 0 aromatic heterocycles. The van der Waals surface area contributed by atoms with Crippen LogP contribution in [0.4, 0.5) is 0 Å². The number of carboxylic acid groups (broad SMARTS) is 1. The van der Waals surface area contributed by atoms with Gasteiger partial charge in [-0.05, 0) is 0 Å². The van der Waals surface area contributed by atoms with Crippen molar-refractivity contribution < 1.29 is 90.8 Å². The Kier molecular flexibility index (Phi) is 26.3. The van der Waals surface area contributed by atoms with Gasteiger partial charge >= 0.3 is 80.9 Å². The molecular formula is C2H2KNaO2. The number of rotatable bonds is 0. The first-order chi connectivity index (χ1) is 1.73. The van der Waals surface area contributed by atoms with Crippen molar-refractivity contribution in [1.82, 2.24) is 0 Å². The van der Waals surface area contributed by atoms with Crippen LogP contribution in [0.3, 0.4) is 0 Å². The minimum atomic E-state index is -1.33. The first-order valence-corrected chi connectivity index (χ1v) is 0.762. The molecule has 6 heavy (non-hydrogen) atoms. The molecule has 0 N–H and O–H groups in total. The third-order valence-corrected chi connectivity index (χ3v) is 0. The number of carbonyl (C=O) groups is 1. The summed E-state index contributed by atoms with van der Waals surface area (Å²) in [5.74, 6) is -1.33. The second-order valence-corrected chi connectivity index (χ2v) is 0.372. The monoisotopic (exact) mass is 120 g/mol. The molecule has 0 saturated heterocycles. The standard InChI is InChI=1S/C2H3O2.K.Na/c1-2(3)4;;/h1H2,(H,3,4);;/q-1;2*+1/p-1. The third kappa shape index (κ3) is 37.9. The average molecular weight is 120 g/mol. The summed E-state index contributed by atoms with van der Waals surface area (Å²) in [5, 5.41) is 8.78. The van der Waals surface area contributed by atoms with Gasteiger partial charge in [-0.25, -0.2) is 0 Å². The van der Waals surface area contributed by atoms with E-state index in [1.807, 2.05) is 0 Å². The summed E-state index contributed by atoms with van der Waals surface area (Å²) in [5.41, 5.74) is 0. The Morgan fingerprint density at radius 1 is 1.67 bits per heavy atom. The van der Waals surface area contributed by atoms with Crippen molar-refractivity contribution in [3.05, 3.63) is 6.92 Å². The van der Waals surface area contributed by atoms with Gasteiger partial charge in [-0.15, -0.1) is 5.97 Å². The molecule has 0 radical (unpaired) electrons. The van der Waals surface area contributed by atoms with E-state index in [0.717, 1.165) is 0 Å². The van der Waals surface area contributed by atoms with Crippen LogP contribution >= 0.6 is 0 Å². The molecule has 0 aromatic rings. The fraction of sp³-hybridized carbons (Fsp3) is 0. The van der Waals surface area contributed by atoms with Gasteiger partial charge in [0.25, 0.3) is 0 Å². The molecule has 0 heterocycles. The number of aliphatic carboxylic acids is 1. The zero-order chi connectivity index (χ0) is 3.58. The van der Waals surface area contributed by atoms with Crippen molar-refractivity contribution in [2.75, 3.05) is 0 Å². The van der Waals surface area contributed by atoms with E-state index in [1.54, 1.807) is 0 Å². The van der Waals surface area contributed by atoms with E-state index in [4.69, 9.17) is 9.90 Å². The number of carboxylic acids is 1. The second-order valence-electron chi connectivity index (χ2n) is 0.372. The van der Waals surface area contributed by atoms with E-state index in [1.165, 1.54) is 0 Å². The summed E-state index contributed by atoms with van der Waals surface area (Å²) in [6.45, 7) is 2.44. The second kappa shape index (κ2) is 10.1. The Bertz CT molecular complexity index is 34.5. The van der Waals surface area contributed by atoms with Crippen LogP contribution in [0, 0.1) is 6.92 Å². The van der Waals surface area contributed by atoms with Gasteiger partial charge in [0.2, 0.25) is 0 Å². The predicted molar refractivity (Wildman–Crippen MR) is 10.4 cm³/mol. The molecule has 0 fully saturated rings. The molecule has 0 unspecified atom stereocenters. The summed E-state index contributed by atoms with van der Waals surface area (Å²) < 4.78 is 0. The molecule has 0 bridgehead atoms. The topological polar surface area (TPSA) is 40.1 Å². The summed E-state index contributed by atoms with van der Waals surface area (Å²) in [7, 11) is 0. The van der Waals surface area contributed by atoms with Crippen molar-refractivity contribution in [3.63, 3.8) is 0 Å². The Labute approximate surface area is 101 Å². The van der Waals surface area contributed by atoms with Crippen LogP contribution in [0.5, 0.6) is 0 Å². The minimum Gasteiger partial charge on any atom is -0.584 e. The van der Waals surface area contributed by atoms with Crippen molar-refractivity contribution in [3.8, 4) is 0 Å². The Hall–Kier alpha value is 1.98.